The zero-order chi connectivity index (χ0) is 21.8. The van der Waals surface area contributed by atoms with Gasteiger partial charge in [0, 0.05) is 18.7 Å². The van der Waals surface area contributed by atoms with Gasteiger partial charge in [0.2, 0.25) is 5.91 Å². The molecule has 168 valence electrons. The Bertz CT molecular complexity index is 928. The molecule has 30 heavy (non-hydrogen) atoms. The van der Waals surface area contributed by atoms with Gasteiger partial charge in [0.05, 0.1) is 29.2 Å². The minimum Gasteiger partial charge on any atom is -0.367 e. The van der Waals surface area contributed by atoms with Gasteiger partial charge in [0.1, 0.15) is 5.82 Å². The maximum absolute atomic E-state index is 13.7. The molecule has 2 saturated heterocycles. The van der Waals surface area contributed by atoms with Crippen molar-refractivity contribution in [1.82, 2.24) is 14.7 Å². The summed E-state index contributed by atoms with van der Waals surface area (Å²) >= 11 is 0. The standard InChI is InChI=1S/C19H27F3N4O3S/c1-11(2)13-8-16(19(20,21)22)26-17(23-13)9-14(24-26)15-4-3-6-25(15)18(27)12-5-7-30(28,29)10-12/h9,11-13,15-16,23H,3-8,10H2,1-2H3/t12?,13-,15?,16+/m0/s1. The molecule has 2 unspecified atom stereocenters. The number of sulfone groups is 1. The van der Waals surface area contributed by atoms with E-state index in [1.54, 1.807) is 11.0 Å². The molecular weight excluding hydrogens is 421 g/mol. The van der Waals surface area contributed by atoms with E-state index in [1.165, 1.54) is 0 Å². The van der Waals surface area contributed by atoms with Crippen molar-refractivity contribution >= 4 is 21.6 Å². The fourth-order valence-corrected chi connectivity index (χ4v) is 6.52. The van der Waals surface area contributed by atoms with Crippen LogP contribution in [0.4, 0.5) is 19.0 Å². The maximum atomic E-state index is 13.7. The number of rotatable bonds is 3. The van der Waals surface area contributed by atoms with Gasteiger partial charge < -0.3 is 10.2 Å². The molecule has 4 atom stereocenters. The van der Waals surface area contributed by atoms with Crippen molar-refractivity contribution < 1.29 is 26.4 Å². The van der Waals surface area contributed by atoms with E-state index in [-0.39, 0.29) is 35.8 Å². The van der Waals surface area contributed by atoms with Crippen LogP contribution in [-0.4, -0.2) is 59.3 Å². The van der Waals surface area contributed by atoms with E-state index in [1.807, 2.05) is 13.8 Å². The minimum absolute atomic E-state index is 0.00839. The number of carbonyl (C=O) groups is 1. The van der Waals surface area contributed by atoms with Gasteiger partial charge in [0.15, 0.2) is 15.9 Å². The third-order valence-electron chi connectivity index (χ3n) is 6.50. The number of hydrogen-bond donors (Lipinski definition) is 1. The van der Waals surface area contributed by atoms with Crippen LogP contribution in [0.5, 0.6) is 0 Å². The van der Waals surface area contributed by atoms with Crippen molar-refractivity contribution in [1.29, 1.82) is 0 Å². The van der Waals surface area contributed by atoms with E-state index < -0.39 is 34.0 Å². The van der Waals surface area contributed by atoms with Crippen LogP contribution in [0.25, 0.3) is 0 Å². The lowest BCUT2D eigenvalue weighted by molar-refractivity contribution is -0.174. The molecule has 0 bridgehead atoms. The third kappa shape index (κ3) is 3.92. The van der Waals surface area contributed by atoms with Crippen molar-refractivity contribution in [2.24, 2.45) is 11.8 Å². The minimum atomic E-state index is -4.42. The van der Waals surface area contributed by atoms with Gasteiger partial charge in [0.25, 0.3) is 0 Å². The number of nitrogens with one attached hydrogen (secondary N) is 1. The summed E-state index contributed by atoms with van der Waals surface area (Å²) in [6.45, 7) is 4.23. The van der Waals surface area contributed by atoms with E-state index in [9.17, 15) is 26.4 Å². The predicted octanol–water partition coefficient (Wildman–Crippen LogP) is 2.92. The predicted molar refractivity (Wildman–Crippen MR) is 105 cm³/mol. The van der Waals surface area contributed by atoms with Crippen LogP contribution in [0, 0.1) is 11.8 Å². The number of aromatic nitrogens is 2. The smallest absolute Gasteiger partial charge is 0.367 e. The molecule has 7 nitrogen and oxygen atoms in total. The number of carbonyl (C=O) groups excluding carboxylic acids is 1. The molecule has 3 aliphatic rings. The molecule has 0 radical (unpaired) electrons. The van der Waals surface area contributed by atoms with Gasteiger partial charge in [-0.15, -0.1) is 0 Å². The van der Waals surface area contributed by atoms with Gasteiger partial charge in [-0.1, -0.05) is 13.8 Å². The molecular formula is C19H27F3N4O3S. The summed E-state index contributed by atoms with van der Waals surface area (Å²) in [5, 5.41) is 7.45. The first kappa shape index (κ1) is 21.5. The van der Waals surface area contributed by atoms with E-state index in [4.69, 9.17) is 0 Å². The first-order valence-corrected chi connectivity index (χ1v) is 12.2. The molecule has 2 fully saturated rings. The average molecular weight is 449 g/mol. The van der Waals surface area contributed by atoms with E-state index in [2.05, 4.69) is 10.4 Å². The zero-order valence-electron chi connectivity index (χ0n) is 17.0. The number of nitrogens with zero attached hydrogens (tertiary/aromatic N) is 3. The van der Waals surface area contributed by atoms with Gasteiger partial charge in [-0.3, -0.25) is 4.79 Å². The maximum Gasteiger partial charge on any atom is 0.410 e. The molecule has 1 aromatic heterocycles. The number of amides is 1. The Balaban J connectivity index is 1.61. The summed E-state index contributed by atoms with van der Waals surface area (Å²) in [6, 6.07) is -0.833. The van der Waals surface area contributed by atoms with Crippen LogP contribution in [-0.2, 0) is 14.6 Å². The highest BCUT2D eigenvalue weighted by molar-refractivity contribution is 7.91. The van der Waals surface area contributed by atoms with Gasteiger partial charge in [-0.2, -0.15) is 18.3 Å². The molecule has 0 aliphatic carbocycles. The summed E-state index contributed by atoms with van der Waals surface area (Å²) in [7, 11) is -3.19. The largest absolute Gasteiger partial charge is 0.410 e. The summed E-state index contributed by atoms with van der Waals surface area (Å²) in [5.41, 5.74) is 0.433. The van der Waals surface area contributed by atoms with Crippen LogP contribution in [0.1, 0.15) is 57.3 Å². The Morgan fingerprint density at radius 1 is 1.30 bits per heavy atom. The number of anilines is 1. The van der Waals surface area contributed by atoms with Crippen molar-refractivity contribution in [3.05, 3.63) is 11.8 Å². The number of likely N-dealkylation sites (tertiary alicyclic amines) is 1. The Morgan fingerprint density at radius 3 is 2.63 bits per heavy atom. The summed E-state index contributed by atoms with van der Waals surface area (Å²) < 4.78 is 65.7. The molecule has 0 aromatic carbocycles. The molecule has 0 spiro atoms. The van der Waals surface area contributed by atoms with E-state index in [0.29, 0.717) is 37.3 Å². The normalized spacial score (nSPS) is 31.1. The van der Waals surface area contributed by atoms with Crippen LogP contribution in [0.2, 0.25) is 0 Å². The van der Waals surface area contributed by atoms with Crippen LogP contribution >= 0.6 is 0 Å². The zero-order valence-corrected chi connectivity index (χ0v) is 17.8. The lowest BCUT2D eigenvalue weighted by Crippen LogP contribution is -2.41. The fourth-order valence-electron chi connectivity index (χ4n) is 4.78. The molecule has 1 amide bonds. The van der Waals surface area contributed by atoms with Crippen LogP contribution < -0.4 is 5.32 Å². The SMILES string of the molecule is CC(C)[C@@H]1C[C@H](C(F)(F)F)n2nc(C3CCCN3C(=O)C3CCS(=O)(=O)C3)cc2N1. The second kappa shape index (κ2) is 7.42. The van der Waals surface area contributed by atoms with Gasteiger partial charge in [-0.25, -0.2) is 13.1 Å². The Hall–Kier alpha value is -1.78. The molecule has 4 heterocycles. The highest BCUT2D eigenvalue weighted by atomic mass is 32.2. The van der Waals surface area contributed by atoms with Crippen molar-refractivity contribution in [3.63, 3.8) is 0 Å². The number of halogens is 3. The van der Waals surface area contributed by atoms with Crippen LogP contribution in [0.3, 0.4) is 0 Å². The van der Waals surface area contributed by atoms with Crippen molar-refractivity contribution in [2.45, 2.75) is 63.8 Å². The number of alkyl halides is 3. The second-order valence-electron chi connectivity index (χ2n) is 8.98. The summed E-state index contributed by atoms with van der Waals surface area (Å²) in [5.74, 6) is -0.600. The Kier molecular flexibility index (Phi) is 5.31. The second-order valence-corrected chi connectivity index (χ2v) is 11.2. The lowest BCUT2D eigenvalue weighted by atomic mass is 9.94. The molecule has 0 saturated carbocycles. The van der Waals surface area contributed by atoms with Crippen molar-refractivity contribution in [2.75, 3.05) is 23.4 Å². The third-order valence-corrected chi connectivity index (χ3v) is 8.27. The topological polar surface area (TPSA) is 84.3 Å². The van der Waals surface area contributed by atoms with Gasteiger partial charge in [-0.05, 0) is 31.6 Å². The van der Waals surface area contributed by atoms with E-state index >= 15 is 0 Å². The molecule has 11 heteroatoms. The lowest BCUT2D eigenvalue weighted by Gasteiger charge is -2.35. The summed E-state index contributed by atoms with van der Waals surface area (Å²) in [4.78, 5) is 14.6. The molecule has 4 rings (SSSR count). The fraction of sp³-hybridized carbons (Fsp3) is 0.789. The van der Waals surface area contributed by atoms with Crippen molar-refractivity contribution in [3.8, 4) is 0 Å². The van der Waals surface area contributed by atoms with E-state index in [0.717, 1.165) is 4.68 Å². The first-order chi connectivity index (χ1) is 14.0. The molecule has 1 aromatic rings. The first-order valence-electron chi connectivity index (χ1n) is 10.4. The molecule has 3 aliphatic heterocycles. The summed E-state index contributed by atoms with van der Waals surface area (Å²) in [6.07, 6.45) is -2.90. The monoisotopic (exact) mass is 448 g/mol. The Morgan fingerprint density at radius 2 is 2.03 bits per heavy atom. The number of fused-ring (bicyclic) bond motifs is 1. The quantitative estimate of drug-likeness (QED) is 0.769. The highest BCUT2D eigenvalue weighted by Crippen LogP contribution is 2.43. The molecule has 1 N–H and O–H groups in total. The van der Waals surface area contributed by atoms with Crippen LogP contribution in [0.15, 0.2) is 6.07 Å². The number of hydrogen-bond acceptors (Lipinski definition) is 5. The highest BCUT2D eigenvalue weighted by Gasteiger charge is 2.47. The van der Waals surface area contributed by atoms with Gasteiger partial charge >= 0.3 is 6.18 Å². The Labute approximate surface area is 173 Å². The average Bonchev–Trinajstić information content (AvgIpc) is 3.35.